The van der Waals surface area contributed by atoms with E-state index in [-0.39, 0.29) is 5.41 Å². The van der Waals surface area contributed by atoms with Crippen molar-refractivity contribution in [1.29, 1.82) is 0 Å². The number of benzene rings is 1. The number of hydrogen-bond acceptors (Lipinski definition) is 4. The number of methoxy groups -OCH3 is 1. The lowest BCUT2D eigenvalue weighted by Crippen LogP contribution is -2.43. The molecule has 0 saturated heterocycles. The molecular weight excluding hydrogens is 238 g/mol. The lowest BCUT2D eigenvalue weighted by Gasteiger charge is -2.19. The van der Waals surface area contributed by atoms with Crippen LogP contribution in [-0.2, 0) is 5.41 Å². The van der Waals surface area contributed by atoms with Crippen molar-refractivity contribution in [2.75, 3.05) is 20.2 Å². The van der Waals surface area contributed by atoms with Crippen LogP contribution in [0, 0.1) is 0 Å². The minimum absolute atomic E-state index is 0.147. The molecule has 19 heavy (non-hydrogen) atoms. The third kappa shape index (κ3) is 2.27. The van der Waals surface area contributed by atoms with E-state index in [1.165, 1.54) is 5.56 Å². The molecule has 2 atom stereocenters. The number of nitrogens with one attached hydrogen (secondary N) is 2. The molecule has 1 aliphatic carbocycles. The monoisotopic (exact) mass is 259 g/mol. The van der Waals surface area contributed by atoms with Crippen LogP contribution in [0.25, 0.3) is 0 Å². The fourth-order valence-corrected chi connectivity index (χ4v) is 2.78. The fraction of sp³-hybridized carbons (Fsp3) is 0.533. The molecule has 4 heteroatoms. The molecule has 1 fully saturated rings. The van der Waals surface area contributed by atoms with Crippen LogP contribution in [0.4, 0.5) is 0 Å². The molecule has 0 spiro atoms. The average molecular weight is 259 g/mol. The summed E-state index contributed by atoms with van der Waals surface area (Å²) in [6.07, 6.45) is 2.24. The van der Waals surface area contributed by atoms with E-state index in [4.69, 9.17) is 4.74 Å². The van der Waals surface area contributed by atoms with Crippen LogP contribution in [0.3, 0.4) is 0 Å². The highest BCUT2D eigenvalue weighted by atomic mass is 16.5. The van der Waals surface area contributed by atoms with Gasteiger partial charge in [0.05, 0.1) is 7.11 Å². The molecule has 2 unspecified atom stereocenters. The summed E-state index contributed by atoms with van der Waals surface area (Å²) in [5.74, 6) is 1.93. The van der Waals surface area contributed by atoms with E-state index in [9.17, 15) is 0 Å². The molecule has 3 rings (SSSR count). The molecular formula is C15H21N3O. The van der Waals surface area contributed by atoms with Crippen molar-refractivity contribution in [2.45, 2.75) is 31.2 Å². The molecule has 1 aromatic rings. The number of rotatable bonds is 3. The van der Waals surface area contributed by atoms with Crippen molar-refractivity contribution in [3.05, 3.63) is 29.8 Å². The van der Waals surface area contributed by atoms with Crippen LogP contribution in [0.5, 0.6) is 5.75 Å². The fourth-order valence-electron chi connectivity index (χ4n) is 2.78. The molecule has 0 radical (unpaired) electrons. The zero-order valence-electron chi connectivity index (χ0n) is 11.6. The largest absolute Gasteiger partial charge is 0.496 e. The molecule has 0 bridgehead atoms. The van der Waals surface area contributed by atoms with Crippen molar-refractivity contribution >= 4 is 5.96 Å². The number of hydrogen-bond donors (Lipinski definition) is 2. The molecule has 102 valence electrons. The first kappa shape index (κ1) is 12.3. The van der Waals surface area contributed by atoms with E-state index < -0.39 is 0 Å². The summed E-state index contributed by atoms with van der Waals surface area (Å²) in [6.45, 7) is 4.23. The van der Waals surface area contributed by atoms with Crippen molar-refractivity contribution in [3.63, 3.8) is 0 Å². The van der Waals surface area contributed by atoms with E-state index in [0.29, 0.717) is 6.04 Å². The van der Waals surface area contributed by atoms with Gasteiger partial charge in [-0.3, -0.25) is 4.99 Å². The maximum atomic E-state index is 5.48. The zero-order chi connectivity index (χ0) is 13.3. The van der Waals surface area contributed by atoms with Gasteiger partial charge in [-0.05, 0) is 18.9 Å². The van der Waals surface area contributed by atoms with Crippen LogP contribution in [0.1, 0.15) is 25.3 Å². The van der Waals surface area contributed by atoms with Gasteiger partial charge in [0.1, 0.15) is 5.75 Å². The first-order chi connectivity index (χ1) is 9.24. The highest BCUT2D eigenvalue weighted by molar-refractivity contribution is 5.81. The maximum absolute atomic E-state index is 5.48. The Morgan fingerprint density at radius 2 is 2.26 bits per heavy atom. The van der Waals surface area contributed by atoms with E-state index in [1.54, 1.807) is 7.11 Å². The first-order valence-electron chi connectivity index (χ1n) is 6.92. The van der Waals surface area contributed by atoms with Crippen molar-refractivity contribution < 1.29 is 4.74 Å². The standard InChI is InChI=1S/C15H21N3O/c1-15(11-6-3-4-7-12(11)19-2)10-13(15)18-14-16-8-5-9-17-14/h3-4,6-7,13H,5,8-10H2,1-2H3,(H2,16,17,18). The highest BCUT2D eigenvalue weighted by Gasteiger charge is 2.53. The average Bonchev–Trinajstić information content (AvgIpc) is 3.11. The minimum atomic E-state index is 0.147. The lowest BCUT2D eigenvalue weighted by atomic mass is 9.96. The van der Waals surface area contributed by atoms with Crippen molar-refractivity contribution in [1.82, 2.24) is 10.6 Å². The van der Waals surface area contributed by atoms with Gasteiger partial charge in [-0.1, -0.05) is 25.1 Å². The number of ether oxygens (including phenoxy) is 1. The zero-order valence-corrected chi connectivity index (χ0v) is 11.6. The molecule has 0 aromatic heterocycles. The number of para-hydroxylation sites is 1. The molecule has 1 saturated carbocycles. The Labute approximate surface area is 114 Å². The topological polar surface area (TPSA) is 45.6 Å². The van der Waals surface area contributed by atoms with Gasteiger partial charge in [0.2, 0.25) is 0 Å². The number of nitrogens with zero attached hydrogens (tertiary/aromatic N) is 1. The van der Waals surface area contributed by atoms with Gasteiger partial charge in [-0.15, -0.1) is 0 Å². The molecule has 1 aliphatic heterocycles. The Morgan fingerprint density at radius 3 is 3.00 bits per heavy atom. The molecule has 2 N–H and O–H groups in total. The third-order valence-electron chi connectivity index (χ3n) is 4.17. The summed E-state index contributed by atoms with van der Waals surface area (Å²) < 4.78 is 5.48. The smallest absolute Gasteiger partial charge is 0.191 e. The second-order valence-electron chi connectivity index (χ2n) is 5.53. The summed E-state index contributed by atoms with van der Waals surface area (Å²) in [5, 5.41) is 6.83. The van der Waals surface area contributed by atoms with Crippen LogP contribution < -0.4 is 15.4 Å². The Kier molecular flexibility index (Phi) is 3.09. The summed E-state index contributed by atoms with van der Waals surface area (Å²) >= 11 is 0. The van der Waals surface area contributed by atoms with Gasteiger partial charge in [0, 0.05) is 30.1 Å². The highest BCUT2D eigenvalue weighted by Crippen LogP contribution is 2.50. The van der Waals surface area contributed by atoms with Crippen molar-refractivity contribution in [3.8, 4) is 5.75 Å². The Hall–Kier alpha value is -1.71. The van der Waals surface area contributed by atoms with Crippen molar-refractivity contribution in [2.24, 2.45) is 4.99 Å². The van der Waals surface area contributed by atoms with Gasteiger partial charge < -0.3 is 15.4 Å². The second kappa shape index (κ2) is 4.76. The lowest BCUT2D eigenvalue weighted by molar-refractivity contribution is 0.404. The second-order valence-corrected chi connectivity index (χ2v) is 5.53. The van der Waals surface area contributed by atoms with Gasteiger partial charge in [0.25, 0.3) is 0 Å². The molecule has 1 aromatic carbocycles. The van der Waals surface area contributed by atoms with E-state index in [1.807, 2.05) is 12.1 Å². The first-order valence-corrected chi connectivity index (χ1v) is 6.92. The maximum Gasteiger partial charge on any atom is 0.191 e. The third-order valence-corrected chi connectivity index (χ3v) is 4.17. The van der Waals surface area contributed by atoms with E-state index in [2.05, 4.69) is 34.7 Å². The van der Waals surface area contributed by atoms with E-state index in [0.717, 1.165) is 37.6 Å². The molecule has 0 amide bonds. The normalized spacial score (nSPS) is 29.2. The summed E-state index contributed by atoms with van der Waals surface area (Å²) in [7, 11) is 1.74. The van der Waals surface area contributed by atoms with Crippen LogP contribution in [0.2, 0.25) is 0 Å². The molecule has 4 nitrogen and oxygen atoms in total. The van der Waals surface area contributed by atoms with Crippen LogP contribution >= 0.6 is 0 Å². The minimum Gasteiger partial charge on any atom is -0.496 e. The SMILES string of the molecule is COc1ccccc1C1(C)CC1NC1=NCCCN1. The molecule has 1 heterocycles. The van der Waals surface area contributed by atoms with Gasteiger partial charge >= 0.3 is 0 Å². The Morgan fingerprint density at radius 1 is 1.42 bits per heavy atom. The number of aliphatic imine (C=N–C) groups is 1. The van der Waals surface area contributed by atoms with Crippen LogP contribution in [0.15, 0.2) is 29.3 Å². The van der Waals surface area contributed by atoms with Gasteiger partial charge in [-0.25, -0.2) is 0 Å². The predicted octanol–water partition coefficient (Wildman–Crippen LogP) is 1.66. The number of guanidine groups is 1. The summed E-state index contributed by atoms with van der Waals surface area (Å²) in [4.78, 5) is 4.47. The summed E-state index contributed by atoms with van der Waals surface area (Å²) in [6, 6.07) is 8.73. The quantitative estimate of drug-likeness (QED) is 0.868. The van der Waals surface area contributed by atoms with Gasteiger partial charge in [0.15, 0.2) is 5.96 Å². The van der Waals surface area contributed by atoms with Crippen LogP contribution in [-0.4, -0.2) is 32.2 Å². The Balaban J connectivity index is 1.74. The summed E-state index contributed by atoms with van der Waals surface area (Å²) in [5.41, 5.74) is 1.43. The Bertz CT molecular complexity index is 500. The predicted molar refractivity (Wildman–Crippen MR) is 76.8 cm³/mol. The van der Waals surface area contributed by atoms with E-state index >= 15 is 0 Å². The molecule has 2 aliphatic rings. The van der Waals surface area contributed by atoms with Gasteiger partial charge in [-0.2, -0.15) is 0 Å².